The maximum Gasteiger partial charge on any atom is 0.302 e. The van der Waals surface area contributed by atoms with E-state index in [0.29, 0.717) is 11.3 Å². The van der Waals surface area contributed by atoms with E-state index in [1.165, 1.54) is 38.5 Å². The van der Waals surface area contributed by atoms with Gasteiger partial charge in [-0.1, -0.05) is 19.1 Å². The largest absolute Gasteiger partial charge is 0.460 e. The van der Waals surface area contributed by atoms with Crippen LogP contribution in [0.5, 0.6) is 0 Å². The molecule has 0 aromatic carbocycles. The van der Waals surface area contributed by atoms with Crippen molar-refractivity contribution in [2.45, 2.75) is 90.3 Å². The van der Waals surface area contributed by atoms with Crippen LogP contribution in [0, 0.1) is 34.5 Å². The van der Waals surface area contributed by atoms with E-state index in [0.717, 1.165) is 62.9 Å². The topological polar surface area (TPSA) is 69.5 Å². The molecule has 4 saturated carbocycles. The van der Waals surface area contributed by atoms with E-state index >= 15 is 0 Å². The van der Waals surface area contributed by atoms with Gasteiger partial charge in [0.15, 0.2) is 0 Å². The Hall–Kier alpha value is -1.47. The van der Waals surface area contributed by atoms with Crippen LogP contribution in [0.15, 0.2) is 12.4 Å². The molecule has 0 amide bonds. The van der Waals surface area contributed by atoms with Crippen LogP contribution < -0.4 is 0 Å². The average molecular weight is 471 g/mol. The van der Waals surface area contributed by atoms with Gasteiger partial charge in [-0.25, -0.2) is 4.68 Å². The van der Waals surface area contributed by atoms with E-state index in [1.807, 2.05) is 10.9 Å². The minimum Gasteiger partial charge on any atom is -0.460 e. The molecule has 6 rings (SSSR count). The highest BCUT2D eigenvalue weighted by molar-refractivity contribution is 5.66. The molecular formula is C27H42N4O3. The number of fused-ring (bicyclic) bond motifs is 5. The van der Waals surface area contributed by atoms with Gasteiger partial charge in [0.05, 0.1) is 25.5 Å². The van der Waals surface area contributed by atoms with Crippen LogP contribution in [0.1, 0.15) is 78.2 Å². The minimum absolute atomic E-state index is 0.0254. The number of ether oxygens (including phenoxy) is 2. The summed E-state index contributed by atoms with van der Waals surface area (Å²) in [6.45, 7) is 10.6. The maximum atomic E-state index is 12.1. The molecule has 0 bridgehead atoms. The number of nitrogens with zero attached hydrogens (tertiary/aromatic N) is 4. The quantitative estimate of drug-likeness (QED) is 0.620. The van der Waals surface area contributed by atoms with E-state index in [9.17, 15) is 4.79 Å². The summed E-state index contributed by atoms with van der Waals surface area (Å²) < 4.78 is 13.7. The molecule has 188 valence electrons. The van der Waals surface area contributed by atoms with Crippen molar-refractivity contribution in [2.24, 2.45) is 34.5 Å². The van der Waals surface area contributed by atoms with Gasteiger partial charge < -0.3 is 9.47 Å². The van der Waals surface area contributed by atoms with Crippen LogP contribution in [0.3, 0.4) is 0 Å². The first-order valence-corrected chi connectivity index (χ1v) is 13.7. The summed E-state index contributed by atoms with van der Waals surface area (Å²) in [6.07, 6.45) is 13.8. The third-order valence-corrected chi connectivity index (χ3v) is 11.2. The zero-order valence-corrected chi connectivity index (χ0v) is 21.2. The summed E-state index contributed by atoms with van der Waals surface area (Å²) in [6, 6.07) is 0.853. The molecule has 0 radical (unpaired) electrons. The second-order valence-electron chi connectivity index (χ2n) is 12.5. The minimum atomic E-state index is -0.170. The lowest BCUT2D eigenvalue weighted by molar-refractivity contribution is -0.165. The first-order chi connectivity index (χ1) is 16.4. The Morgan fingerprint density at radius 1 is 1.03 bits per heavy atom. The molecule has 4 aliphatic carbocycles. The molecule has 4 unspecified atom stereocenters. The number of hydrogen-bond donors (Lipinski definition) is 0. The Balaban J connectivity index is 1.24. The van der Waals surface area contributed by atoms with Crippen molar-refractivity contribution in [1.29, 1.82) is 0 Å². The summed E-state index contributed by atoms with van der Waals surface area (Å²) >= 11 is 0. The standard InChI is InChI=1S/C27H42N4O3/c1-18(32)34-25-24(31-11-10-28-29-31)17-23-21-5-4-19-16-20(30-12-14-33-15-13-30)6-8-26(19,2)22(21)7-9-27(23,25)3/h10-11,19-25H,4-9,12-17H2,1-3H3/t19?,20-,21?,22?,23?,24-,25-,26-,27-/m0/s1. The number of aromatic nitrogens is 3. The first-order valence-electron chi connectivity index (χ1n) is 13.7. The molecule has 1 saturated heterocycles. The van der Waals surface area contributed by atoms with Gasteiger partial charge in [0.1, 0.15) is 6.10 Å². The lowest BCUT2D eigenvalue weighted by atomic mass is 9.45. The van der Waals surface area contributed by atoms with Crippen molar-refractivity contribution in [2.75, 3.05) is 26.3 Å². The summed E-state index contributed by atoms with van der Waals surface area (Å²) in [7, 11) is 0. The molecular weight excluding hydrogens is 428 g/mol. The van der Waals surface area contributed by atoms with Gasteiger partial charge in [-0.3, -0.25) is 9.69 Å². The van der Waals surface area contributed by atoms with Crippen LogP contribution in [0.2, 0.25) is 0 Å². The second kappa shape index (κ2) is 8.58. The van der Waals surface area contributed by atoms with Gasteiger partial charge >= 0.3 is 5.97 Å². The van der Waals surface area contributed by atoms with Crippen LogP contribution in [0.4, 0.5) is 0 Å². The van der Waals surface area contributed by atoms with Crippen molar-refractivity contribution in [3.63, 3.8) is 0 Å². The normalized spacial score (nSPS) is 46.9. The Morgan fingerprint density at radius 3 is 2.56 bits per heavy atom. The van der Waals surface area contributed by atoms with Crippen molar-refractivity contribution in [1.82, 2.24) is 19.9 Å². The Bertz CT molecular complexity index is 886. The van der Waals surface area contributed by atoms with Crippen LogP contribution in [0.25, 0.3) is 0 Å². The summed E-state index contributed by atoms with van der Waals surface area (Å²) in [5, 5.41) is 8.42. The summed E-state index contributed by atoms with van der Waals surface area (Å²) in [4.78, 5) is 14.9. The highest BCUT2D eigenvalue weighted by Crippen LogP contribution is 2.68. The lowest BCUT2D eigenvalue weighted by Gasteiger charge is -2.61. The van der Waals surface area contributed by atoms with Gasteiger partial charge in [-0.2, -0.15) is 0 Å². The number of hydrogen-bond acceptors (Lipinski definition) is 6. The summed E-state index contributed by atoms with van der Waals surface area (Å²) in [5.74, 6) is 2.78. The van der Waals surface area contributed by atoms with Crippen molar-refractivity contribution < 1.29 is 14.3 Å². The fourth-order valence-corrected chi connectivity index (χ4v) is 9.51. The molecule has 0 N–H and O–H groups in total. The van der Waals surface area contributed by atoms with Crippen LogP contribution in [-0.4, -0.2) is 64.3 Å². The number of carbonyl (C=O) groups is 1. The van der Waals surface area contributed by atoms with Gasteiger partial charge in [0, 0.05) is 37.7 Å². The van der Waals surface area contributed by atoms with E-state index in [1.54, 1.807) is 13.1 Å². The predicted molar refractivity (Wildman–Crippen MR) is 128 cm³/mol. The molecule has 2 heterocycles. The second-order valence-corrected chi connectivity index (χ2v) is 12.5. The van der Waals surface area contributed by atoms with E-state index in [4.69, 9.17) is 9.47 Å². The molecule has 9 atom stereocenters. The first kappa shape index (κ1) is 23.0. The molecule has 1 aromatic heterocycles. The number of rotatable bonds is 3. The number of esters is 1. The van der Waals surface area contributed by atoms with E-state index in [2.05, 4.69) is 29.1 Å². The zero-order valence-electron chi connectivity index (χ0n) is 21.2. The molecule has 0 spiro atoms. The monoisotopic (exact) mass is 470 g/mol. The highest BCUT2D eigenvalue weighted by atomic mass is 16.5. The van der Waals surface area contributed by atoms with Crippen molar-refractivity contribution >= 4 is 5.97 Å². The molecule has 5 aliphatic rings. The third kappa shape index (κ3) is 3.56. The van der Waals surface area contributed by atoms with Crippen LogP contribution >= 0.6 is 0 Å². The smallest absolute Gasteiger partial charge is 0.302 e. The SMILES string of the molecule is CC(=O)O[C@H]1[C@@H](n2ccnn2)CC2C3CCC4C[C@@H](N5CCOCC5)CC[C@]4(C)C3CC[C@@]21C. The molecule has 1 aliphatic heterocycles. The molecule has 7 heteroatoms. The van der Waals surface area contributed by atoms with Gasteiger partial charge in [0.2, 0.25) is 0 Å². The number of carbonyl (C=O) groups excluding carboxylic acids is 1. The zero-order chi connectivity index (χ0) is 23.5. The lowest BCUT2D eigenvalue weighted by Crippen LogP contribution is -2.56. The molecule has 34 heavy (non-hydrogen) atoms. The van der Waals surface area contributed by atoms with E-state index in [-0.39, 0.29) is 23.5 Å². The van der Waals surface area contributed by atoms with Crippen LogP contribution in [-0.2, 0) is 14.3 Å². The Kier molecular flexibility index (Phi) is 5.79. The Labute approximate surface area is 203 Å². The fraction of sp³-hybridized carbons (Fsp3) is 0.889. The average Bonchev–Trinajstić information content (AvgIpc) is 3.45. The fourth-order valence-electron chi connectivity index (χ4n) is 9.51. The maximum absolute atomic E-state index is 12.1. The summed E-state index contributed by atoms with van der Waals surface area (Å²) in [5.41, 5.74) is 0.479. The third-order valence-electron chi connectivity index (χ3n) is 11.2. The highest BCUT2D eigenvalue weighted by Gasteiger charge is 2.64. The van der Waals surface area contributed by atoms with Gasteiger partial charge in [-0.05, 0) is 80.5 Å². The van der Waals surface area contributed by atoms with Gasteiger partial charge in [-0.15, -0.1) is 5.10 Å². The molecule has 7 nitrogen and oxygen atoms in total. The molecule has 1 aromatic rings. The predicted octanol–water partition coefficient (Wildman–Crippen LogP) is 4.10. The van der Waals surface area contributed by atoms with Crippen molar-refractivity contribution in [3.05, 3.63) is 12.4 Å². The van der Waals surface area contributed by atoms with E-state index < -0.39 is 0 Å². The van der Waals surface area contributed by atoms with Gasteiger partial charge in [0.25, 0.3) is 0 Å². The van der Waals surface area contributed by atoms with Crippen molar-refractivity contribution in [3.8, 4) is 0 Å². The molecule has 5 fully saturated rings. The Morgan fingerprint density at radius 2 is 1.82 bits per heavy atom. The number of morpholine rings is 1.